The fraction of sp³-hybridized carbons (Fsp3) is 0.364. The van der Waals surface area contributed by atoms with Crippen LogP contribution in [0.5, 0.6) is 0 Å². The molecule has 18 heavy (non-hydrogen) atoms. The first-order chi connectivity index (χ1) is 8.54. The highest BCUT2D eigenvalue weighted by atomic mass is 16.4. The summed E-state index contributed by atoms with van der Waals surface area (Å²) < 4.78 is 1.38. The number of amides is 1. The fourth-order valence-electron chi connectivity index (χ4n) is 1.31. The zero-order chi connectivity index (χ0) is 13.5. The number of carbonyl (C=O) groups excluding carboxylic acids is 1. The molecule has 7 nitrogen and oxygen atoms in total. The average Bonchev–Trinajstić information content (AvgIpc) is 2.37. The van der Waals surface area contributed by atoms with Crippen molar-refractivity contribution in [2.24, 2.45) is 17.9 Å². The number of rotatable bonds is 5. The molecule has 1 rings (SSSR count). The van der Waals surface area contributed by atoms with Crippen molar-refractivity contribution in [3.8, 4) is 0 Å². The normalized spacial score (nSPS) is 11.3. The first-order valence-corrected chi connectivity index (χ1v) is 5.46. The summed E-state index contributed by atoms with van der Waals surface area (Å²) in [5.74, 6) is -0.190. The largest absolute Gasteiger partial charge is 0.409 e. The van der Waals surface area contributed by atoms with Crippen LogP contribution < -0.4 is 16.6 Å². The van der Waals surface area contributed by atoms with E-state index in [1.54, 1.807) is 13.1 Å². The van der Waals surface area contributed by atoms with Gasteiger partial charge in [0.15, 0.2) is 0 Å². The zero-order valence-electron chi connectivity index (χ0n) is 10.1. The molecule has 0 unspecified atom stereocenters. The van der Waals surface area contributed by atoms with E-state index in [4.69, 9.17) is 10.9 Å². The van der Waals surface area contributed by atoms with Gasteiger partial charge < -0.3 is 20.8 Å². The number of nitrogens with two attached hydrogens (primary N) is 1. The summed E-state index contributed by atoms with van der Waals surface area (Å²) in [5, 5.41) is 13.8. The third-order valence-electron chi connectivity index (χ3n) is 2.39. The number of nitrogens with one attached hydrogen (secondary N) is 1. The Kier molecular flexibility index (Phi) is 4.91. The van der Waals surface area contributed by atoms with Gasteiger partial charge >= 0.3 is 0 Å². The van der Waals surface area contributed by atoms with E-state index in [2.05, 4.69) is 10.5 Å². The number of pyridine rings is 1. The van der Waals surface area contributed by atoms with Crippen molar-refractivity contribution >= 4 is 11.7 Å². The van der Waals surface area contributed by atoms with Crippen molar-refractivity contribution in [2.45, 2.75) is 12.8 Å². The Morgan fingerprint density at radius 3 is 2.94 bits per heavy atom. The van der Waals surface area contributed by atoms with Crippen molar-refractivity contribution in [1.82, 2.24) is 9.88 Å². The van der Waals surface area contributed by atoms with Crippen molar-refractivity contribution in [2.75, 3.05) is 6.54 Å². The molecule has 0 radical (unpaired) electrons. The molecule has 1 heterocycles. The van der Waals surface area contributed by atoms with Crippen LogP contribution in [-0.2, 0) is 7.05 Å². The number of hydrogen-bond donors (Lipinski definition) is 3. The quantitative estimate of drug-likeness (QED) is 0.218. The average molecular weight is 252 g/mol. The molecule has 7 heteroatoms. The summed E-state index contributed by atoms with van der Waals surface area (Å²) >= 11 is 0. The van der Waals surface area contributed by atoms with Gasteiger partial charge in [0, 0.05) is 37.8 Å². The summed E-state index contributed by atoms with van der Waals surface area (Å²) in [5.41, 5.74) is 5.37. The van der Waals surface area contributed by atoms with Gasteiger partial charge in [-0.2, -0.15) is 0 Å². The van der Waals surface area contributed by atoms with E-state index in [-0.39, 0.29) is 17.3 Å². The molecule has 1 aromatic heterocycles. The van der Waals surface area contributed by atoms with Crippen LogP contribution >= 0.6 is 0 Å². The number of carbonyl (C=O) groups is 1. The minimum atomic E-state index is -0.313. The van der Waals surface area contributed by atoms with E-state index in [0.717, 1.165) is 0 Å². The molecule has 0 saturated carbocycles. The molecule has 1 aromatic rings. The van der Waals surface area contributed by atoms with Crippen LogP contribution in [0.1, 0.15) is 23.2 Å². The maximum Gasteiger partial charge on any atom is 0.251 e. The molecule has 0 aliphatic rings. The van der Waals surface area contributed by atoms with Gasteiger partial charge in [-0.1, -0.05) is 5.16 Å². The summed E-state index contributed by atoms with van der Waals surface area (Å²) in [6.07, 6.45) is 2.49. The molecule has 0 saturated heterocycles. The maximum atomic E-state index is 11.7. The highest BCUT2D eigenvalue weighted by molar-refractivity contribution is 5.93. The van der Waals surface area contributed by atoms with Crippen LogP contribution in [-0.4, -0.2) is 28.1 Å². The van der Waals surface area contributed by atoms with Crippen molar-refractivity contribution in [3.63, 3.8) is 0 Å². The van der Waals surface area contributed by atoms with Crippen LogP contribution in [0.4, 0.5) is 0 Å². The van der Waals surface area contributed by atoms with Gasteiger partial charge in [-0.25, -0.2) is 0 Å². The molecular weight excluding hydrogens is 236 g/mol. The van der Waals surface area contributed by atoms with Crippen LogP contribution in [0.15, 0.2) is 28.3 Å². The summed E-state index contributed by atoms with van der Waals surface area (Å²) in [4.78, 5) is 23.0. The molecule has 0 spiro atoms. The Morgan fingerprint density at radius 2 is 2.33 bits per heavy atom. The minimum absolute atomic E-state index is 0.123. The molecule has 0 aromatic carbocycles. The van der Waals surface area contributed by atoms with Gasteiger partial charge in [-0.3, -0.25) is 9.59 Å². The zero-order valence-corrected chi connectivity index (χ0v) is 10.1. The fourth-order valence-corrected chi connectivity index (χ4v) is 1.31. The first-order valence-electron chi connectivity index (χ1n) is 5.46. The Hall–Kier alpha value is -2.31. The second-order valence-corrected chi connectivity index (χ2v) is 3.82. The number of hydrogen-bond acceptors (Lipinski definition) is 4. The van der Waals surface area contributed by atoms with Gasteiger partial charge in [0.05, 0.1) is 0 Å². The van der Waals surface area contributed by atoms with Crippen molar-refractivity contribution < 1.29 is 10.0 Å². The molecular formula is C11H16N4O3. The lowest BCUT2D eigenvalue weighted by atomic mass is 10.2. The van der Waals surface area contributed by atoms with Crippen LogP contribution in [0.25, 0.3) is 0 Å². The van der Waals surface area contributed by atoms with Crippen LogP contribution in [0.2, 0.25) is 0 Å². The van der Waals surface area contributed by atoms with Gasteiger partial charge in [0.2, 0.25) is 0 Å². The van der Waals surface area contributed by atoms with Crippen molar-refractivity contribution in [1.29, 1.82) is 0 Å². The molecule has 0 fully saturated rings. The lowest BCUT2D eigenvalue weighted by Gasteiger charge is -2.05. The van der Waals surface area contributed by atoms with E-state index in [1.165, 1.54) is 16.8 Å². The summed E-state index contributed by atoms with van der Waals surface area (Å²) in [7, 11) is 1.61. The molecule has 1 amide bonds. The highest BCUT2D eigenvalue weighted by Gasteiger charge is 2.05. The van der Waals surface area contributed by atoms with Crippen LogP contribution in [0, 0.1) is 0 Å². The van der Waals surface area contributed by atoms with E-state index >= 15 is 0 Å². The minimum Gasteiger partial charge on any atom is -0.409 e. The van der Waals surface area contributed by atoms with E-state index in [9.17, 15) is 9.59 Å². The third kappa shape index (κ3) is 3.93. The lowest BCUT2D eigenvalue weighted by Crippen LogP contribution is -2.27. The van der Waals surface area contributed by atoms with E-state index in [0.29, 0.717) is 24.9 Å². The number of aryl methyl sites for hydroxylation is 1. The molecule has 0 aliphatic carbocycles. The Balaban J connectivity index is 2.46. The van der Waals surface area contributed by atoms with Gasteiger partial charge in [0.25, 0.3) is 11.5 Å². The predicted octanol–water partition coefficient (Wildman–Crippen LogP) is -0.358. The topological polar surface area (TPSA) is 110 Å². The number of oxime groups is 1. The number of amidine groups is 1. The monoisotopic (exact) mass is 252 g/mol. The SMILES string of the molecule is Cn1ccc(C(=O)NCCC/C(N)=N/O)cc1=O. The van der Waals surface area contributed by atoms with Gasteiger partial charge in [-0.05, 0) is 12.5 Å². The number of nitrogens with zero attached hydrogens (tertiary/aromatic N) is 2. The smallest absolute Gasteiger partial charge is 0.251 e. The lowest BCUT2D eigenvalue weighted by molar-refractivity contribution is 0.0953. The van der Waals surface area contributed by atoms with Crippen molar-refractivity contribution in [3.05, 3.63) is 34.2 Å². The van der Waals surface area contributed by atoms with Gasteiger partial charge in [-0.15, -0.1) is 0 Å². The second kappa shape index (κ2) is 6.43. The first kappa shape index (κ1) is 13.8. The van der Waals surface area contributed by atoms with E-state index in [1.807, 2.05) is 0 Å². The summed E-state index contributed by atoms with van der Waals surface area (Å²) in [6, 6.07) is 2.85. The molecule has 98 valence electrons. The highest BCUT2D eigenvalue weighted by Crippen LogP contribution is 1.95. The molecule has 0 atom stereocenters. The molecule has 0 bridgehead atoms. The Labute approximate surface area is 104 Å². The Morgan fingerprint density at radius 1 is 1.61 bits per heavy atom. The van der Waals surface area contributed by atoms with Crippen LogP contribution in [0.3, 0.4) is 0 Å². The summed E-state index contributed by atoms with van der Waals surface area (Å²) in [6.45, 7) is 0.393. The van der Waals surface area contributed by atoms with E-state index < -0.39 is 0 Å². The predicted molar refractivity (Wildman–Crippen MR) is 66.7 cm³/mol. The second-order valence-electron chi connectivity index (χ2n) is 3.82. The number of aromatic nitrogens is 1. The Bertz CT molecular complexity index is 507. The third-order valence-corrected chi connectivity index (χ3v) is 2.39. The standard InChI is InChI=1S/C11H16N4O3/c1-15-6-4-8(7-10(15)16)11(17)13-5-2-3-9(12)14-18/h4,6-7,18H,2-3,5H2,1H3,(H2,12,14)(H,13,17). The molecule has 0 aliphatic heterocycles. The molecule has 4 N–H and O–H groups in total. The maximum absolute atomic E-state index is 11.7. The van der Waals surface area contributed by atoms with Gasteiger partial charge in [0.1, 0.15) is 5.84 Å².